The van der Waals surface area contributed by atoms with E-state index < -0.39 is 12.1 Å². The number of phenols is 1. The van der Waals surface area contributed by atoms with Crippen LogP contribution in [0.4, 0.5) is 4.39 Å². The van der Waals surface area contributed by atoms with Gasteiger partial charge in [0.05, 0.1) is 23.3 Å². The first kappa shape index (κ1) is 36.0. The molecule has 1 N–H and O–H groups in total. The fourth-order valence-electron chi connectivity index (χ4n) is 7.79. The first-order chi connectivity index (χ1) is 23.2. The standard InChI is InChI=1S/C45H56FNO3/c1-42(2,3)27-45(10,11)30-22-35(34-26-31(46)17-20-39(34)48)41(50-40-14-12-13-21-49-40)38(25-30)47-36-23-28(43(4,5)6)15-18-32(36)33-19-16-29(24-37(33)47)44(7,8)9/h15-20,22-26,40,48H,12-14,21,27H2,1-11H3. The van der Waals surface area contributed by atoms with Gasteiger partial charge in [-0.1, -0.05) is 100 Å². The summed E-state index contributed by atoms with van der Waals surface area (Å²) in [4.78, 5) is 0. The highest BCUT2D eigenvalue weighted by Crippen LogP contribution is 2.48. The molecule has 0 spiro atoms. The van der Waals surface area contributed by atoms with Crippen LogP contribution < -0.4 is 4.74 Å². The molecule has 2 heterocycles. The molecule has 1 aliphatic rings. The van der Waals surface area contributed by atoms with E-state index in [0.717, 1.165) is 58.7 Å². The number of aromatic nitrogens is 1. The zero-order valence-electron chi connectivity index (χ0n) is 32.1. The Kier molecular flexibility index (Phi) is 9.17. The van der Waals surface area contributed by atoms with E-state index in [0.29, 0.717) is 23.5 Å². The Labute approximate surface area is 298 Å². The number of hydrogen-bond acceptors (Lipinski definition) is 3. The Balaban J connectivity index is 1.81. The molecule has 0 amide bonds. The lowest BCUT2D eigenvalue weighted by atomic mass is 9.71. The van der Waals surface area contributed by atoms with Crippen molar-refractivity contribution in [3.63, 3.8) is 0 Å². The van der Waals surface area contributed by atoms with Crippen LogP contribution in [-0.4, -0.2) is 22.6 Å². The van der Waals surface area contributed by atoms with E-state index in [2.05, 4.69) is 129 Å². The van der Waals surface area contributed by atoms with Gasteiger partial charge in [-0.2, -0.15) is 0 Å². The smallest absolute Gasteiger partial charge is 0.199 e. The minimum Gasteiger partial charge on any atom is -0.507 e. The molecule has 1 unspecified atom stereocenters. The van der Waals surface area contributed by atoms with Gasteiger partial charge in [-0.05, 0) is 100 Å². The van der Waals surface area contributed by atoms with Gasteiger partial charge in [0.25, 0.3) is 0 Å². The molecule has 1 fully saturated rings. The maximum Gasteiger partial charge on any atom is 0.199 e. The van der Waals surface area contributed by atoms with Gasteiger partial charge >= 0.3 is 0 Å². The highest BCUT2D eigenvalue weighted by molar-refractivity contribution is 6.10. The number of phenolic OH excluding ortho intramolecular Hbond substituents is 1. The topological polar surface area (TPSA) is 43.6 Å². The van der Waals surface area contributed by atoms with Crippen molar-refractivity contribution < 1.29 is 19.0 Å². The minimum absolute atomic E-state index is 0.00444. The molecule has 0 saturated carbocycles. The summed E-state index contributed by atoms with van der Waals surface area (Å²) in [6.45, 7) is 25.4. The van der Waals surface area contributed by atoms with Gasteiger partial charge in [0, 0.05) is 28.3 Å². The van der Waals surface area contributed by atoms with Gasteiger partial charge < -0.3 is 19.1 Å². The van der Waals surface area contributed by atoms with Crippen LogP contribution in [0, 0.1) is 11.2 Å². The summed E-state index contributed by atoms with van der Waals surface area (Å²) in [6, 6.07) is 22.2. The largest absolute Gasteiger partial charge is 0.507 e. The van der Waals surface area contributed by atoms with Gasteiger partial charge in [-0.25, -0.2) is 4.39 Å². The summed E-state index contributed by atoms with van der Waals surface area (Å²) in [7, 11) is 0. The Morgan fingerprint density at radius 3 is 1.84 bits per heavy atom. The lowest BCUT2D eigenvalue weighted by molar-refractivity contribution is -0.105. The molecule has 0 aliphatic carbocycles. The Morgan fingerprint density at radius 1 is 0.720 bits per heavy atom. The molecule has 1 saturated heterocycles. The molecule has 5 heteroatoms. The fourth-order valence-corrected chi connectivity index (χ4v) is 7.79. The average molecular weight is 678 g/mol. The second-order valence-corrected chi connectivity index (χ2v) is 18.4. The first-order valence-electron chi connectivity index (χ1n) is 18.3. The maximum absolute atomic E-state index is 15.1. The van der Waals surface area contributed by atoms with E-state index in [4.69, 9.17) is 9.47 Å². The number of ether oxygens (including phenoxy) is 2. The van der Waals surface area contributed by atoms with Crippen LogP contribution in [0.5, 0.6) is 11.5 Å². The lowest BCUT2D eigenvalue weighted by Crippen LogP contribution is -2.27. The predicted octanol–water partition coefficient (Wildman–Crippen LogP) is 12.5. The number of hydrogen-bond donors (Lipinski definition) is 1. The van der Waals surface area contributed by atoms with E-state index in [-0.39, 0.29) is 27.4 Å². The van der Waals surface area contributed by atoms with Crippen LogP contribution in [0.1, 0.15) is 119 Å². The number of nitrogens with zero attached hydrogens (tertiary/aromatic N) is 1. The van der Waals surface area contributed by atoms with Gasteiger partial charge in [0.1, 0.15) is 11.6 Å². The first-order valence-corrected chi connectivity index (χ1v) is 18.3. The number of halogens is 1. The van der Waals surface area contributed by atoms with Crippen molar-refractivity contribution in [1.82, 2.24) is 4.57 Å². The molecule has 0 bridgehead atoms. The molecule has 1 aromatic heterocycles. The second-order valence-electron chi connectivity index (χ2n) is 18.4. The van der Waals surface area contributed by atoms with Crippen LogP contribution in [0.15, 0.2) is 66.7 Å². The van der Waals surface area contributed by atoms with E-state index >= 15 is 4.39 Å². The molecule has 50 heavy (non-hydrogen) atoms. The van der Waals surface area contributed by atoms with Crippen LogP contribution in [0.25, 0.3) is 38.6 Å². The summed E-state index contributed by atoms with van der Waals surface area (Å²) in [6.07, 6.45) is 3.18. The van der Waals surface area contributed by atoms with Crippen LogP contribution in [0.3, 0.4) is 0 Å². The molecule has 5 aromatic rings. The minimum atomic E-state index is -0.464. The lowest BCUT2D eigenvalue weighted by Gasteiger charge is -2.35. The maximum atomic E-state index is 15.1. The summed E-state index contributed by atoms with van der Waals surface area (Å²) < 4.78 is 30.6. The molecule has 266 valence electrons. The third-order valence-electron chi connectivity index (χ3n) is 10.2. The molecule has 0 radical (unpaired) electrons. The van der Waals surface area contributed by atoms with Gasteiger partial charge in [0.15, 0.2) is 12.0 Å². The normalized spacial score (nSPS) is 16.4. The SMILES string of the molecule is CC(C)(C)CC(C)(C)c1cc(-c2cc(F)ccc2O)c(OC2CCCCO2)c(-n2c3cc(C(C)(C)C)ccc3c3ccc(C(C)(C)C)cc32)c1. The van der Waals surface area contributed by atoms with E-state index in [1.54, 1.807) is 0 Å². The summed E-state index contributed by atoms with van der Waals surface area (Å²) >= 11 is 0. The second kappa shape index (κ2) is 12.7. The van der Waals surface area contributed by atoms with Crippen molar-refractivity contribution in [2.75, 3.05) is 6.61 Å². The number of aromatic hydroxyl groups is 1. The van der Waals surface area contributed by atoms with E-state index in [9.17, 15) is 5.11 Å². The predicted molar refractivity (Wildman–Crippen MR) is 207 cm³/mol. The molecular formula is C45H56FNO3. The molecular weight excluding hydrogens is 621 g/mol. The molecule has 4 aromatic carbocycles. The van der Waals surface area contributed by atoms with Crippen molar-refractivity contribution in [3.05, 3.63) is 89.2 Å². The molecule has 6 rings (SSSR count). The van der Waals surface area contributed by atoms with Crippen LogP contribution >= 0.6 is 0 Å². The van der Waals surface area contributed by atoms with Crippen molar-refractivity contribution in [3.8, 4) is 28.3 Å². The van der Waals surface area contributed by atoms with Gasteiger partial charge in [0.2, 0.25) is 0 Å². The third-order valence-corrected chi connectivity index (χ3v) is 10.2. The quantitative estimate of drug-likeness (QED) is 0.194. The number of rotatable bonds is 6. The third kappa shape index (κ3) is 7.17. The molecule has 1 atom stereocenters. The van der Waals surface area contributed by atoms with Crippen molar-refractivity contribution in [2.24, 2.45) is 5.41 Å². The Morgan fingerprint density at radius 2 is 1.32 bits per heavy atom. The van der Waals surface area contributed by atoms with E-state index in [1.807, 2.05) is 0 Å². The highest BCUT2D eigenvalue weighted by atomic mass is 19.1. The monoisotopic (exact) mass is 677 g/mol. The average Bonchev–Trinajstić information content (AvgIpc) is 3.34. The highest BCUT2D eigenvalue weighted by Gasteiger charge is 2.32. The van der Waals surface area contributed by atoms with Gasteiger partial charge in [-0.15, -0.1) is 0 Å². The van der Waals surface area contributed by atoms with E-state index in [1.165, 1.54) is 29.3 Å². The molecule has 1 aliphatic heterocycles. The van der Waals surface area contributed by atoms with Crippen LogP contribution in [0.2, 0.25) is 0 Å². The summed E-state index contributed by atoms with van der Waals surface area (Å²) in [5, 5.41) is 13.7. The Hall–Kier alpha value is -3.83. The van der Waals surface area contributed by atoms with Crippen molar-refractivity contribution in [1.29, 1.82) is 0 Å². The number of benzene rings is 4. The summed E-state index contributed by atoms with van der Waals surface area (Å²) in [5.41, 5.74) is 7.25. The number of fused-ring (bicyclic) bond motifs is 3. The van der Waals surface area contributed by atoms with Crippen molar-refractivity contribution in [2.45, 2.75) is 124 Å². The van der Waals surface area contributed by atoms with Crippen molar-refractivity contribution >= 4 is 21.8 Å². The molecule has 4 nitrogen and oxygen atoms in total. The Bertz CT molecular complexity index is 1970. The fraction of sp³-hybridized carbons (Fsp3) is 0.467. The zero-order valence-corrected chi connectivity index (χ0v) is 32.1. The zero-order chi connectivity index (χ0) is 36.4. The summed E-state index contributed by atoms with van der Waals surface area (Å²) in [5.74, 6) is 0.166. The van der Waals surface area contributed by atoms with Crippen LogP contribution in [-0.2, 0) is 21.0 Å². The van der Waals surface area contributed by atoms with Gasteiger partial charge in [-0.3, -0.25) is 0 Å².